The van der Waals surface area contributed by atoms with Crippen LogP contribution in [0.1, 0.15) is 31.1 Å². The van der Waals surface area contributed by atoms with E-state index in [0.29, 0.717) is 12.1 Å². The first-order valence-corrected chi connectivity index (χ1v) is 7.36. The molecule has 0 aliphatic rings. The number of nitrogens with one attached hydrogen (secondary N) is 1. The topological polar surface area (TPSA) is 49.4 Å². The molecule has 5 heteroatoms. The van der Waals surface area contributed by atoms with E-state index in [4.69, 9.17) is 0 Å². The lowest BCUT2D eigenvalue weighted by molar-refractivity contribution is -0.122. The molecular weight excluding hydrogens is 355 g/mol. The molecule has 0 saturated heterocycles. The molecule has 0 saturated carbocycles. The van der Waals surface area contributed by atoms with Crippen molar-refractivity contribution in [1.82, 2.24) is 10.2 Å². The predicted octanol–water partition coefficient (Wildman–Crippen LogP) is 2.28. The molecule has 104 valence electrons. The number of rotatable bonds is 5. The molecule has 1 rings (SSSR count). The van der Waals surface area contributed by atoms with E-state index in [0.717, 1.165) is 3.57 Å². The van der Waals surface area contributed by atoms with E-state index >= 15 is 0 Å². The molecule has 0 aliphatic heterocycles. The molecule has 0 fully saturated rings. The summed E-state index contributed by atoms with van der Waals surface area (Å²) in [6, 6.07) is 7.47. The number of hydrogen-bond donors (Lipinski definition) is 1. The highest BCUT2D eigenvalue weighted by atomic mass is 127. The SMILES string of the molecule is CCN(CC(=O)NC(C)C)C(=O)c1ccccc1I. The highest BCUT2D eigenvalue weighted by Gasteiger charge is 2.19. The molecule has 0 unspecified atom stereocenters. The van der Waals surface area contributed by atoms with Gasteiger partial charge in [-0.05, 0) is 55.5 Å². The fourth-order valence-corrected chi connectivity index (χ4v) is 2.29. The molecule has 0 aromatic heterocycles. The number of nitrogens with zero attached hydrogens (tertiary/aromatic N) is 1. The summed E-state index contributed by atoms with van der Waals surface area (Å²) in [6.45, 7) is 6.27. The number of halogens is 1. The van der Waals surface area contributed by atoms with Crippen LogP contribution in [0.2, 0.25) is 0 Å². The van der Waals surface area contributed by atoms with Crippen molar-refractivity contribution < 1.29 is 9.59 Å². The Morgan fingerprint density at radius 2 is 1.95 bits per heavy atom. The zero-order valence-electron chi connectivity index (χ0n) is 11.4. The lowest BCUT2D eigenvalue weighted by Gasteiger charge is -2.21. The Kier molecular flexibility index (Phi) is 6.27. The van der Waals surface area contributed by atoms with Crippen molar-refractivity contribution in [2.75, 3.05) is 13.1 Å². The van der Waals surface area contributed by atoms with E-state index in [2.05, 4.69) is 27.9 Å². The van der Waals surface area contributed by atoms with Gasteiger partial charge in [0.05, 0.1) is 12.1 Å². The van der Waals surface area contributed by atoms with E-state index < -0.39 is 0 Å². The molecule has 0 atom stereocenters. The molecule has 0 aliphatic carbocycles. The van der Waals surface area contributed by atoms with Gasteiger partial charge in [-0.3, -0.25) is 9.59 Å². The van der Waals surface area contributed by atoms with Crippen molar-refractivity contribution in [2.24, 2.45) is 0 Å². The summed E-state index contributed by atoms with van der Waals surface area (Å²) in [4.78, 5) is 25.6. The highest BCUT2D eigenvalue weighted by Crippen LogP contribution is 2.13. The van der Waals surface area contributed by atoms with Crippen LogP contribution in [0.25, 0.3) is 0 Å². The third kappa shape index (κ3) is 4.81. The van der Waals surface area contributed by atoms with Gasteiger partial charge in [-0.25, -0.2) is 0 Å². The molecule has 0 radical (unpaired) electrons. The van der Waals surface area contributed by atoms with Crippen molar-refractivity contribution in [3.05, 3.63) is 33.4 Å². The Morgan fingerprint density at radius 3 is 2.47 bits per heavy atom. The van der Waals surface area contributed by atoms with Gasteiger partial charge in [0, 0.05) is 16.2 Å². The van der Waals surface area contributed by atoms with Crippen LogP contribution in [0, 0.1) is 3.57 Å². The minimum Gasteiger partial charge on any atom is -0.352 e. The standard InChI is InChI=1S/C14H19IN2O2/c1-4-17(9-13(18)16-10(2)3)14(19)11-7-5-6-8-12(11)15/h5-8,10H,4,9H2,1-3H3,(H,16,18). The Hall–Kier alpha value is -1.11. The molecule has 1 aromatic rings. The Balaban J connectivity index is 2.78. The van der Waals surface area contributed by atoms with Crippen LogP contribution in [0.5, 0.6) is 0 Å². The van der Waals surface area contributed by atoms with Gasteiger partial charge in [-0.15, -0.1) is 0 Å². The van der Waals surface area contributed by atoms with Gasteiger partial charge < -0.3 is 10.2 Å². The molecule has 1 aromatic carbocycles. The third-order valence-corrected chi connectivity index (χ3v) is 3.50. The summed E-state index contributed by atoms with van der Waals surface area (Å²) in [5.41, 5.74) is 0.641. The Labute approximate surface area is 127 Å². The maximum atomic E-state index is 12.4. The fraction of sp³-hybridized carbons (Fsp3) is 0.429. The number of hydrogen-bond acceptors (Lipinski definition) is 2. The first-order valence-electron chi connectivity index (χ1n) is 6.28. The van der Waals surface area contributed by atoms with E-state index in [1.807, 2.05) is 39.0 Å². The Morgan fingerprint density at radius 1 is 1.32 bits per heavy atom. The van der Waals surface area contributed by atoms with E-state index in [1.54, 1.807) is 11.0 Å². The first-order chi connectivity index (χ1) is 8.95. The zero-order chi connectivity index (χ0) is 14.4. The number of carbonyl (C=O) groups is 2. The zero-order valence-corrected chi connectivity index (χ0v) is 13.6. The molecule has 2 amide bonds. The lowest BCUT2D eigenvalue weighted by atomic mass is 10.2. The quantitative estimate of drug-likeness (QED) is 0.804. The smallest absolute Gasteiger partial charge is 0.255 e. The van der Waals surface area contributed by atoms with Crippen LogP contribution >= 0.6 is 22.6 Å². The fourth-order valence-electron chi connectivity index (χ4n) is 1.67. The van der Waals surface area contributed by atoms with Crippen molar-refractivity contribution in [3.8, 4) is 0 Å². The normalized spacial score (nSPS) is 10.4. The predicted molar refractivity (Wildman–Crippen MR) is 84.0 cm³/mol. The summed E-state index contributed by atoms with van der Waals surface area (Å²) in [7, 11) is 0. The summed E-state index contributed by atoms with van der Waals surface area (Å²) in [5, 5.41) is 2.79. The minimum absolute atomic E-state index is 0.0816. The van der Waals surface area contributed by atoms with Crippen LogP contribution in [-0.2, 0) is 4.79 Å². The van der Waals surface area contributed by atoms with E-state index in [1.165, 1.54) is 0 Å². The molecule has 19 heavy (non-hydrogen) atoms. The van der Waals surface area contributed by atoms with Crippen LogP contribution in [0.15, 0.2) is 24.3 Å². The van der Waals surface area contributed by atoms with Gasteiger partial charge in [-0.2, -0.15) is 0 Å². The maximum Gasteiger partial charge on any atom is 0.255 e. The van der Waals surface area contributed by atoms with Gasteiger partial charge in [0.2, 0.25) is 5.91 Å². The average molecular weight is 374 g/mol. The highest BCUT2D eigenvalue weighted by molar-refractivity contribution is 14.1. The Bertz CT molecular complexity index is 461. The molecule has 1 N–H and O–H groups in total. The second kappa shape index (κ2) is 7.47. The second-order valence-corrected chi connectivity index (χ2v) is 5.68. The van der Waals surface area contributed by atoms with Crippen molar-refractivity contribution in [1.29, 1.82) is 0 Å². The minimum atomic E-state index is -0.129. The summed E-state index contributed by atoms with van der Waals surface area (Å²) in [6.07, 6.45) is 0. The van der Waals surface area contributed by atoms with E-state index in [9.17, 15) is 9.59 Å². The van der Waals surface area contributed by atoms with Crippen LogP contribution in [0.3, 0.4) is 0 Å². The van der Waals surface area contributed by atoms with Crippen molar-refractivity contribution in [3.63, 3.8) is 0 Å². The third-order valence-electron chi connectivity index (χ3n) is 2.56. The molecule has 0 spiro atoms. The van der Waals surface area contributed by atoms with Gasteiger partial charge >= 0.3 is 0 Å². The molecular formula is C14H19IN2O2. The molecule has 4 nitrogen and oxygen atoms in total. The number of carbonyl (C=O) groups excluding carboxylic acids is 2. The first kappa shape index (κ1) is 15.9. The second-order valence-electron chi connectivity index (χ2n) is 4.52. The summed E-state index contributed by atoms with van der Waals surface area (Å²) >= 11 is 2.13. The lowest BCUT2D eigenvalue weighted by Crippen LogP contribution is -2.42. The van der Waals surface area contributed by atoms with Gasteiger partial charge in [0.1, 0.15) is 0 Å². The number of likely N-dealkylation sites (N-methyl/N-ethyl adjacent to an activating group) is 1. The van der Waals surface area contributed by atoms with Crippen molar-refractivity contribution in [2.45, 2.75) is 26.8 Å². The van der Waals surface area contributed by atoms with Crippen LogP contribution < -0.4 is 5.32 Å². The maximum absolute atomic E-state index is 12.4. The summed E-state index contributed by atoms with van der Waals surface area (Å²) < 4.78 is 0.896. The largest absolute Gasteiger partial charge is 0.352 e. The summed E-state index contributed by atoms with van der Waals surface area (Å²) in [5.74, 6) is -0.234. The molecule has 0 heterocycles. The van der Waals surface area contributed by atoms with Gasteiger partial charge in [-0.1, -0.05) is 12.1 Å². The average Bonchev–Trinajstić information content (AvgIpc) is 2.35. The molecule has 0 bridgehead atoms. The van der Waals surface area contributed by atoms with Gasteiger partial charge in [0.25, 0.3) is 5.91 Å². The monoisotopic (exact) mass is 374 g/mol. The van der Waals surface area contributed by atoms with Crippen LogP contribution in [-0.4, -0.2) is 35.8 Å². The number of benzene rings is 1. The van der Waals surface area contributed by atoms with Crippen molar-refractivity contribution >= 4 is 34.4 Å². The van der Waals surface area contributed by atoms with Gasteiger partial charge in [0.15, 0.2) is 0 Å². The van der Waals surface area contributed by atoms with Crippen LogP contribution in [0.4, 0.5) is 0 Å². The number of amides is 2. The van der Waals surface area contributed by atoms with E-state index in [-0.39, 0.29) is 24.4 Å².